The summed E-state index contributed by atoms with van der Waals surface area (Å²) in [5.41, 5.74) is 0.600. The molecule has 0 aliphatic carbocycles. The number of hydrogen-bond acceptors (Lipinski definition) is 7. The molecule has 4 rings (SSSR count). The Hall–Kier alpha value is -3.20. The average molecular weight is 412 g/mol. The van der Waals surface area contributed by atoms with E-state index in [-0.39, 0.29) is 18.1 Å². The zero-order chi connectivity index (χ0) is 20.4. The van der Waals surface area contributed by atoms with E-state index in [9.17, 15) is 14.4 Å². The lowest BCUT2D eigenvalue weighted by atomic mass is 10.1. The number of rotatable bonds is 4. The van der Waals surface area contributed by atoms with Gasteiger partial charge in [0.1, 0.15) is 5.56 Å². The van der Waals surface area contributed by atoms with Crippen molar-refractivity contribution in [1.82, 2.24) is 14.9 Å². The van der Waals surface area contributed by atoms with Crippen molar-refractivity contribution in [3.8, 4) is 0 Å². The molecule has 0 radical (unpaired) electrons. The van der Waals surface area contributed by atoms with Crippen LogP contribution in [-0.2, 0) is 4.74 Å². The van der Waals surface area contributed by atoms with Crippen molar-refractivity contribution in [1.29, 1.82) is 0 Å². The maximum Gasteiger partial charge on any atom is 0.345 e. The summed E-state index contributed by atoms with van der Waals surface area (Å²) < 4.78 is 5.13. The molecule has 1 fully saturated rings. The highest BCUT2D eigenvalue weighted by atomic mass is 32.1. The number of fused-ring (bicyclic) bond motifs is 1. The Morgan fingerprint density at radius 2 is 2.03 bits per heavy atom. The van der Waals surface area contributed by atoms with Crippen LogP contribution >= 0.6 is 11.3 Å². The summed E-state index contributed by atoms with van der Waals surface area (Å²) in [6.07, 6.45) is 3.22. The molecule has 9 heteroatoms. The minimum atomic E-state index is -0.661. The highest BCUT2D eigenvalue weighted by molar-refractivity contribution is 7.12. The molecule has 4 heterocycles. The molecule has 1 aliphatic heterocycles. The molecule has 0 bridgehead atoms. The van der Waals surface area contributed by atoms with Gasteiger partial charge in [0.25, 0.3) is 11.5 Å². The van der Waals surface area contributed by atoms with Crippen LogP contribution in [0.4, 0.5) is 5.69 Å². The second kappa shape index (κ2) is 8.04. The van der Waals surface area contributed by atoms with E-state index in [4.69, 9.17) is 4.74 Å². The van der Waals surface area contributed by atoms with E-state index < -0.39 is 11.5 Å². The first kappa shape index (κ1) is 19.1. The Balaban J connectivity index is 1.68. The fourth-order valence-electron chi connectivity index (χ4n) is 3.53. The summed E-state index contributed by atoms with van der Waals surface area (Å²) in [6, 6.07) is 5.37. The summed E-state index contributed by atoms with van der Waals surface area (Å²) in [5, 5.41) is 2.55. The van der Waals surface area contributed by atoms with Crippen LogP contribution in [0.5, 0.6) is 0 Å². The molecule has 3 aromatic rings. The minimum Gasteiger partial charge on any atom is -0.462 e. The molecule has 0 unspecified atom stereocenters. The molecule has 150 valence electrons. The second-order valence-corrected chi connectivity index (χ2v) is 7.52. The van der Waals surface area contributed by atoms with Gasteiger partial charge in [-0.25, -0.2) is 4.79 Å². The topological polar surface area (TPSA) is 95.6 Å². The molecule has 1 amide bonds. The van der Waals surface area contributed by atoms with Crippen LogP contribution < -0.4 is 10.5 Å². The Bertz CT molecular complexity index is 1100. The number of esters is 1. The van der Waals surface area contributed by atoms with Crippen LogP contribution in [0.3, 0.4) is 0 Å². The van der Waals surface area contributed by atoms with Gasteiger partial charge in [-0.2, -0.15) is 0 Å². The third-order valence-electron chi connectivity index (χ3n) is 4.88. The van der Waals surface area contributed by atoms with Gasteiger partial charge < -0.3 is 19.5 Å². The van der Waals surface area contributed by atoms with Crippen LogP contribution in [0.25, 0.3) is 10.9 Å². The number of carbonyl (C=O) groups excluding carboxylic acids is 2. The van der Waals surface area contributed by atoms with E-state index in [1.165, 1.54) is 11.3 Å². The summed E-state index contributed by atoms with van der Waals surface area (Å²) in [4.78, 5) is 49.2. The second-order valence-electron chi connectivity index (χ2n) is 6.58. The first-order chi connectivity index (χ1) is 14.1. The number of thiophene rings is 1. The van der Waals surface area contributed by atoms with E-state index >= 15 is 0 Å². The lowest BCUT2D eigenvalue weighted by molar-refractivity contribution is 0.0524. The minimum absolute atomic E-state index is 0.00250. The predicted molar refractivity (Wildman–Crippen MR) is 111 cm³/mol. The number of nitrogens with zero attached hydrogens (tertiary/aromatic N) is 3. The highest BCUT2D eigenvalue weighted by Crippen LogP contribution is 2.29. The SMILES string of the molecule is CCOC(=O)c1c(N2CCN(C(=O)c3cccs3)CC2)c2cnccc2[nH]c1=O. The highest BCUT2D eigenvalue weighted by Gasteiger charge is 2.29. The van der Waals surface area contributed by atoms with E-state index in [0.717, 1.165) is 0 Å². The first-order valence-corrected chi connectivity index (χ1v) is 10.2. The standard InChI is InChI=1S/C20H20N4O4S/c1-2-28-20(27)16-17(13-12-21-6-5-14(13)22-18(16)25)23-7-9-24(10-8-23)19(26)15-4-3-11-29-15/h3-6,11-12H,2,7-10H2,1H3,(H,22,25). The zero-order valence-electron chi connectivity index (χ0n) is 15.9. The number of anilines is 1. The van der Waals surface area contributed by atoms with E-state index in [1.807, 2.05) is 22.4 Å². The van der Waals surface area contributed by atoms with Crippen molar-refractivity contribution in [2.45, 2.75) is 6.92 Å². The first-order valence-electron chi connectivity index (χ1n) is 9.35. The molecule has 0 aromatic carbocycles. The Kier molecular flexibility index (Phi) is 5.30. The van der Waals surface area contributed by atoms with Gasteiger partial charge in [-0.15, -0.1) is 11.3 Å². The van der Waals surface area contributed by atoms with Crippen molar-refractivity contribution in [3.63, 3.8) is 0 Å². The Morgan fingerprint density at radius 3 is 2.72 bits per heavy atom. The van der Waals surface area contributed by atoms with Crippen molar-refractivity contribution >= 4 is 39.8 Å². The summed E-state index contributed by atoms with van der Waals surface area (Å²) in [5.74, 6) is -0.658. The number of amides is 1. The Morgan fingerprint density at radius 1 is 1.24 bits per heavy atom. The normalized spacial score (nSPS) is 14.2. The molecule has 1 N–H and O–H groups in total. The quantitative estimate of drug-likeness (QED) is 0.660. The molecular weight excluding hydrogens is 392 g/mol. The summed E-state index contributed by atoms with van der Waals surface area (Å²) >= 11 is 1.42. The smallest absolute Gasteiger partial charge is 0.345 e. The lowest BCUT2D eigenvalue weighted by Gasteiger charge is -2.36. The number of pyridine rings is 2. The van der Waals surface area contributed by atoms with E-state index in [1.54, 1.807) is 30.3 Å². The van der Waals surface area contributed by atoms with Gasteiger partial charge in [-0.1, -0.05) is 6.07 Å². The summed E-state index contributed by atoms with van der Waals surface area (Å²) in [6.45, 7) is 3.85. The molecule has 0 saturated carbocycles. The third kappa shape index (κ3) is 3.61. The largest absolute Gasteiger partial charge is 0.462 e. The number of H-pyrrole nitrogens is 1. The van der Waals surface area contributed by atoms with Crippen LogP contribution in [0.2, 0.25) is 0 Å². The molecule has 29 heavy (non-hydrogen) atoms. The number of piperazine rings is 1. The monoisotopic (exact) mass is 412 g/mol. The van der Waals surface area contributed by atoms with Crippen LogP contribution in [-0.4, -0.2) is 59.5 Å². The van der Waals surface area contributed by atoms with Gasteiger partial charge in [0.2, 0.25) is 0 Å². The fourth-order valence-corrected chi connectivity index (χ4v) is 4.22. The number of carbonyl (C=O) groups is 2. The van der Waals surface area contributed by atoms with Gasteiger partial charge in [0.05, 0.1) is 22.7 Å². The van der Waals surface area contributed by atoms with E-state index in [2.05, 4.69) is 9.97 Å². The zero-order valence-corrected chi connectivity index (χ0v) is 16.7. The van der Waals surface area contributed by atoms with Crippen molar-refractivity contribution in [2.75, 3.05) is 37.7 Å². The van der Waals surface area contributed by atoms with Crippen molar-refractivity contribution < 1.29 is 14.3 Å². The fraction of sp³-hybridized carbons (Fsp3) is 0.300. The molecule has 1 saturated heterocycles. The lowest BCUT2D eigenvalue weighted by Crippen LogP contribution is -2.49. The number of nitrogens with one attached hydrogen (secondary N) is 1. The Labute approximate surface area is 170 Å². The molecule has 3 aromatic heterocycles. The van der Waals surface area contributed by atoms with Crippen LogP contribution in [0.15, 0.2) is 40.8 Å². The molecule has 1 aliphatic rings. The maximum atomic E-state index is 12.7. The number of hydrogen-bond donors (Lipinski definition) is 1. The average Bonchev–Trinajstić information content (AvgIpc) is 3.27. The number of aromatic amines is 1. The van der Waals surface area contributed by atoms with Gasteiger partial charge in [0, 0.05) is 44.0 Å². The third-order valence-corrected chi connectivity index (χ3v) is 5.74. The van der Waals surface area contributed by atoms with Crippen molar-refractivity contribution in [3.05, 3.63) is 56.8 Å². The molecule has 0 atom stereocenters. The van der Waals surface area contributed by atoms with Gasteiger partial charge in [-0.05, 0) is 24.4 Å². The van der Waals surface area contributed by atoms with Gasteiger partial charge in [-0.3, -0.25) is 14.6 Å². The number of ether oxygens (including phenoxy) is 1. The van der Waals surface area contributed by atoms with E-state index in [0.29, 0.717) is 47.6 Å². The summed E-state index contributed by atoms with van der Waals surface area (Å²) in [7, 11) is 0. The predicted octanol–water partition coefficient (Wildman–Crippen LogP) is 2.12. The molecule has 0 spiro atoms. The van der Waals surface area contributed by atoms with Gasteiger partial charge in [0.15, 0.2) is 0 Å². The van der Waals surface area contributed by atoms with Crippen LogP contribution in [0, 0.1) is 0 Å². The number of aromatic nitrogens is 2. The molecular formula is C20H20N4O4S. The molecule has 8 nitrogen and oxygen atoms in total. The van der Waals surface area contributed by atoms with Crippen molar-refractivity contribution in [2.24, 2.45) is 0 Å². The maximum absolute atomic E-state index is 12.7. The van der Waals surface area contributed by atoms with Gasteiger partial charge >= 0.3 is 5.97 Å². The van der Waals surface area contributed by atoms with Crippen LogP contribution in [0.1, 0.15) is 27.0 Å².